The summed E-state index contributed by atoms with van der Waals surface area (Å²) >= 11 is 5.90. The van der Waals surface area contributed by atoms with Crippen LogP contribution in [0.1, 0.15) is 37.6 Å². The third-order valence-corrected chi connectivity index (χ3v) is 2.24. The Balaban J connectivity index is 3.04. The van der Waals surface area contributed by atoms with Crippen LogP contribution in [-0.2, 0) is 0 Å². The fourth-order valence-corrected chi connectivity index (χ4v) is 1.19. The Labute approximate surface area is 76.9 Å². The quantitative estimate of drug-likeness (QED) is 0.659. The highest BCUT2D eigenvalue weighted by atomic mass is 35.5. The topological polar surface area (TPSA) is 26.0 Å². The lowest BCUT2D eigenvalue weighted by Gasteiger charge is -2.01. The zero-order valence-corrected chi connectivity index (χ0v) is 7.85. The van der Waals surface area contributed by atoms with Crippen LogP contribution in [0.3, 0.4) is 0 Å². The third-order valence-electron chi connectivity index (χ3n) is 1.87. The molecular formula is C9H10ClNO. The molecule has 0 saturated heterocycles. The molecule has 0 amide bonds. The molecule has 0 N–H and O–H groups in total. The molecule has 0 aliphatic carbocycles. The van der Waals surface area contributed by atoms with Gasteiger partial charge in [-0.3, -0.25) is 0 Å². The van der Waals surface area contributed by atoms with Crippen LogP contribution < -0.4 is 0 Å². The molecule has 1 heterocycles. The number of halogens is 1. The molecule has 0 spiro atoms. The minimum absolute atomic E-state index is 0.295. The smallest absolute Gasteiger partial charge is 0.228 e. The second kappa shape index (κ2) is 3.64. The van der Waals surface area contributed by atoms with Crippen LogP contribution in [0.2, 0.25) is 5.02 Å². The van der Waals surface area contributed by atoms with E-state index in [-0.39, 0.29) is 0 Å². The van der Waals surface area contributed by atoms with Gasteiger partial charge in [-0.25, -0.2) is 0 Å². The van der Waals surface area contributed by atoms with Crippen molar-refractivity contribution in [3.63, 3.8) is 0 Å². The summed E-state index contributed by atoms with van der Waals surface area (Å²) in [4.78, 5) is 0. The van der Waals surface area contributed by atoms with Gasteiger partial charge in [-0.2, -0.15) is 0 Å². The van der Waals surface area contributed by atoms with Gasteiger partial charge in [0.15, 0.2) is 0 Å². The minimum Gasteiger partial charge on any atom is -0.346 e. The van der Waals surface area contributed by atoms with Crippen molar-refractivity contribution in [2.24, 2.45) is 0 Å². The van der Waals surface area contributed by atoms with Crippen molar-refractivity contribution < 1.29 is 4.52 Å². The highest BCUT2D eigenvalue weighted by Gasteiger charge is 2.16. The van der Waals surface area contributed by atoms with Crippen LogP contribution in [0.25, 0.3) is 0 Å². The van der Waals surface area contributed by atoms with Gasteiger partial charge in [0.05, 0.1) is 0 Å². The number of terminal acetylenes is 1. The zero-order chi connectivity index (χ0) is 9.14. The number of rotatable bonds is 2. The summed E-state index contributed by atoms with van der Waals surface area (Å²) in [7, 11) is 0. The van der Waals surface area contributed by atoms with Crippen molar-refractivity contribution in [2.75, 3.05) is 0 Å². The van der Waals surface area contributed by atoms with E-state index in [0.717, 1.165) is 12.1 Å². The molecule has 1 aromatic heterocycles. The lowest BCUT2D eigenvalue weighted by Crippen LogP contribution is -1.91. The Morgan fingerprint density at radius 2 is 2.42 bits per heavy atom. The van der Waals surface area contributed by atoms with E-state index in [9.17, 15) is 0 Å². The SMILES string of the molecule is C#Cc1onc(C(C)CC)c1Cl. The normalized spacial score (nSPS) is 12.5. The first-order chi connectivity index (χ1) is 5.70. The summed E-state index contributed by atoms with van der Waals surface area (Å²) < 4.78 is 4.85. The van der Waals surface area contributed by atoms with E-state index in [4.69, 9.17) is 22.5 Å². The van der Waals surface area contributed by atoms with E-state index in [2.05, 4.69) is 18.0 Å². The molecule has 1 rings (SSSR count). The number of aromatic nitrogens is 1. The van der Waals surface area contributed by atoms with Crippen LogP contribution in [0.15, 0.2) is 4.52 Å². The van der Waals surface area contributed by atoms with Crippen molar-refractivity contribution in [1.82, 2.24) is 5.16 Å². The molecule has 0 radical (unpaired) electrons. The van der Waals surface area contributed by atoms with Gasteiger partial charge in [-0.15, -0.1) is 6.42 Å². The predicted molar refractivity (Wildman–Crippen MR) is 48.2 cm³/mol. The van der Waals surface area contributed by atoms with Crippen molar-refractivity contribution in [3.8, 4) is 12.3 Å². The fraction of sp³-hybridized carbons (Fsp3) is 0.444. The molecule has 1 atom stereocenters. The van der Waals surface area contributed by atoms with Crippen LogP contribution in [-0.4, -0.2) is 5.16 Å². The molecule has 12 heavy (non-hydrogen) atoms. The highest BCUT2D eigenvalue weighted by Crippen LogP contribution is 2.27. The largest absolute Gasteiger partial charge is 0.346 e. The standard InChI is InChI=1S/C9H10ClNO/c1-4-6(3)9-8(10)7(5-2)12-11-9/h2,6H,4H2,1,3H3. The van der Waals surface area contributed by atoms with Crippen LogP contribution in [0.5, 0.6) is 0 Å². The van der Waals surface area contributed by atoms with E-state index in [1.807, 2.05) is 6.92 Å². The summed E-state index contributed by atoms with van der Waals surface area (Å²) in [5, 5.41) is 4.29. The summed E-state index contributed by atoms with van der Waals surface area (Å²) in [6.45, 7) is 4.09. The molecule has 0 bridgehead atoms. The van der Waals surface area contributed by atoms with Crippen molar-refractivity contribution in [2.45, 2.75) is 26.2 Å². The minimum atomic E-state index is 0.295. The van der Waals surface area contributed by atoms with Gasteiger partial charge in [-0.1, -0.05) is 30.6 Å². The lowest BCUT2D eigenvalue weighted by molar-refractivity contribution is 0.398. The second-order valence-electron chi connectivity index (χ2n) is 2.66. The Bertz CT molecular complexity index is 311. The molecule has 0 fully saturated rings. The average Bonchev–Trinajstić information content (AvgIpc) is 2.45. The number of nitrogens with zero attached hydrogens (tertiary/aromatic N) is 1. The van der Waals surface area contributed by atoms with E-state index >= 15 is 0 Å². The van der Waals surface area contributed by atoms with Crippen molar-refractivity contribution in [1.29, 1.82) is 0 Å². The maximum atomic E-state index is 5.90. The number of hydrogen-bond acceptors (Lipinski definition) is 2. The second-order valence-corrected chi connectivity index (χ2v) is 3.04. The first-order valence-electron chi connectivity index (χ1n) is 3.82. The average molecular weight is 184 g/mol. The summed E-state index contributed by atoms with van der Waals surface area (Å²) in [6.07, 6.45) is 6.11. The Hall–Kier alpha value is -0.940. The molecule has 3 heteroatoms. The molecule has 0 aliphatic heterocycles. The van der Waals surface area contributed by atoms with E-state index < -0.39 is 0 Å². The monoisotopic (exact) mass is 183 g/mol. The fourth-order valence-electron chi connectivity index (χ4n) is 0.881. The van der Waals surface area contributed by atoms with E-state index in [0.29, 0.717) is 16.7 Å². The summed E-state index contributed by atoms with van der Waals surface area (Å²) in [5.41, 5.74) is 0.757. The van der Waals surface area contributed by atoms with Gasteiger partial charge >= 0.3 is 0 Å². The third kappa shape index (κ3) is 1.46. The van der Waals surface area contributed by atoms with Gasteiger partial charge < -0.3 is 4.52 Å². The molecule has 0 aromatic carbocycles. The summed E-state index contributed by atoms with van der Waals surface area (Å²) in [6, 6.07) is 0. The van der Waals surface area contributed by atoms with Gasteiger partial charge in [0.25, 0.3) is 0 Å². The van der Waals surface area contributed by atoms with E-state index in [1.54, 1.807) is 0 Å². The molecule has 0 aliphatic rings. The van der Waals surface area contributed by atoms with Crippen LogP contribution >= 0.6 is 11.6 Å². The van der Waals surface area contributed by atoms with Gasteiger partial charge in [0.1, 0.15) is 10.7 Å². The Kier molecular flexibility index (Phi) is 2.78. The molecule has 1 aromatic rings. The maximum Gasteiger partial charge on any atom is 0.228 e. The van der Waals surface area contributed by atoms with Crippen molar-refractivity contribution >= 4 is 11.6 Å². The molecule has 64 valence electrons. The Morgan fingerprint density at radius 1 is 1.75 bits per heavy atom. The molecule has 2 nitrogen and oxygen atoms in total. The van der Waals surface area contributed by atoms with E-state index in [1.165, 1.54) is 0 Å². The zero-order valence-electron chi connectivity index (χ0n) is 7.10. The van der Waals surface area contributed by atoms with Gasteiger partial charge in [0.2, 0.25) is 5.76 Å². The van der Waals surface area contributed by atoms with Crippen LogP contribution in [0, 0.1) is 12.3 Å². The molecular weight excluding hydrogens is 174 g/mol. The maximum absolute atomic E-state index is 5.90. The van der Waals surface area contributed by atoms with Gasteiger partial charge in [-0.05, 0) is 12.3 Å². The molecule has 1 unspecified atom stereocenters. The highest BCUT2D eigenvalue weighted by molar-refractivity contribution is 6.32. The molecule has 0 saturated carbocycles. The van der Waals surface area contributed by atoms with Crippen molar-refractivity contribution in [3.05, 3.63) is 16.5 Å². The Morgan fingerprint density at radius 3 is 2.83 bits per heavy atom. The van der Waals surface area contributed by atoms with Gasteiger partial charge in [0, 0.05) is 5.92 Å². The number of hydrogen-bond donors (Lipinski definition) is 0. The lowest BCUT2D eigenvalue weighted by atomic mass is 10.1. The van der Waals surface area contributed by atoms with Crippen LogP contribution in [0.4, 0.5) is 0 Å². The summed E-state index contributed by atoms with van der Waals surface area (Å²) in [5.74, 6) is 2.95. The predicted octanol–water partition coefficient (Wildman–Crippen LogP) is 2.82. The first-order valence-corrected chi connectivity index (χ1v) is 4.20. The first kappa shape index (κ1) is 9.15.